The molecule has 2 nitrogen and oxygen atoms in total. The average molecular weight is 244 g/mol. The summed E-state index contributed by atoms with van der Waals surface area (Å²) >= 11 is 0. The second-order valence-electron chi connectivity index (χ2n) is 5.71. The Morgan fingerprint density at radius 1 is 1.00 bits per heavy atom. The lowest BCUT2D eigenvalue weighted by Crippen LogP contribution is -2.28. The van der Waals surface area contributed by atoms with E-state index in [0.717, 1.165) is 0 Å². The molecule has 0 aromatic heterocycles. The lowest BCUT2D eigenvalue weighted by Gasteiger charge is -2.21. The molecule has 1 aromatic rings. The van der Waals surface area contributed by atoms with Crippen LogP contribution in [-0.2, 0) is 0 Å². The van der Waals surface area contributed by atoms with Crippen LogP contribution in [0.25, 0.3) is 5.70 Å². The Bertz CT molecular complexity index is 432. The van der Waals surface area contributed by atoms with Crippen molar-refractivity contribution in [1.29, 1.82) is 0 Å². The van der Waals surface area contributed by atoms with Gasteiger partial charge in [-0.25, -0.2) is 0 Å². The van der Waals surface area contributed by atoms with Crippen molar-refractivity contribution >= 4 is 5.70 Å². The number of hydrogen-bond acceptors (Lipinski definition) is 2. The molecule has 1 aromatic carbocycles. The Labute approximate surface area is 110 Å². The third-order valence-electron chi connectivity index (χ3n) is 3.49. The first-order chi connectivity index (χ1) is 8.50. The first-order valence-corrected chi connectivity index (χ1v) is 6.86. The summed E-state index contributed by atoms with van der Waals surface area (Å²) in [4.78, 5) is 0. The van der Waals surface area contributed by atoms with Crippen LogP contribution >= 0.6 is 0 Å². The monoisotopic (exact) mass is 244 g/mol. The molecule has 0 aliphatic carbocycles. The minimum Gasteiger partial charge on any atom is -0.370 e. The SMILES string of the molecule is CC1NC=C(c2c(C(C)C)cccc2C(C)C)N1. The van der Waals surface area contributed by atoms with E-state index in [1.807, 2.05) is 0 Å². The van der Waals surface area contributed by atoms with Crippen LogP contribution in [0.2, 0.25) is 0 Å². The average Bonchev–Trinajstić information content (AvgIpc) is 2.74. The zero-order chi connectivity index (χ0) is 13.3. The molecular formula is C16H24N2. The molecule has 1 heterocycles. The van der Waals surface area contributed by atoms with E-state index >= 15 is 0 Å². The largest absolute Gasteiger partial charge is 0.370 e. The third kappa shape index (κ3) is 2.38. The van der Waals surface area contributed by atoms with Crippen molar-refractivity contribution in [3.63, 3.8) is 0 Å². The first-order valence-electron chi connectivity index (χ1n) is 6.86. The fourth-order valence-electron chi connectivity index (χ4n) is 2.53. The van der Waals surface area contributed by atoms with Crippen LogP contribution in [-0.4, -0.2) is 6.17 Å². The summed E-state index contributed by atoms with van der Waals surface area (Å²) in [6.07, 6.45) is 2.43. The molecule has 0 fully saturated rings. The van der Waals surface area contributed by atoms with E-state index in [9.17, 15) is 0 Å². The highest BCUT2D eigenvalue weighted by atomic mass is 15.2. The summed E-state index contributed by atoms with van der Waals surface area (Å²) < 4.78 is 0. The van der Waals surface area contributed by atoms with Crippen LogP contribution in [0, 0.1) is 0 Å². The topological polar surface area (TPSA) is 24.1 Å². The van der Waals surface area contributed by atoms with E-state index < -0.39 is 0 Å². The Morgan fingerprint density at radius 2 is 1.56 bits per heavy atom. The van der Waals surface area contributed by atoms with Gasteiger partial charge in [0.05, 0.1) is 11.9 Å². The normalized spacial score (nSPS) is 18.8. The van der Waals surface area contributed by atoms with Gasteiger partial charge in [0.1, 0.15) is 0 Å². The molecule has 1 aliphatic heterocycles. The smallest absolute Gasteiger partial charge is 0.0931 e. The van der Waals surface area contributed by atoms with Crippen LogP contribution in [0.3, 0.4) is 0 Å². The predicted octanol–water partition coefficient (Wildman–Crippen LogP) is 3.77. The summed E-state index contributed by atoms with van der Waals surface area (Å²) in [6.45, 7) is 11.2. The maximum absolute atomic E-state index is 3.51. The fourth-order valence-corrected chi connectivity index (χ4v) is 2.53. The highest BCUT2D eigenvalue weighted by Crippen LogP contribution is 2.32. The van der Waals surface area contributed by atoms with E-state index in [0.29, 0.717) is 18.0 Å². The maximum atomic E-state index is 3.51. The predicted molar refractivity (Wildman–Crippen MR) is 78.3 cm³/mol. The molecule has 1 aliphatic rings. The first kappa shape index (κ1) is 13.0. The van der Waals surface area contributed by atoms with Gasteiger partial charge in [0.25, 0.3) is 0 Å². The van der Waals surface area contributed by atoms with Gasteiger partial charge in [-0.15, -0.1) is 0 Å². The number of benzene rings is 1. The molecule has 0 saturated carbocycles. The highest BCUT2D eigenvalue weighted by molar-refractivity contribution is 5.72. The molecule has 1 atom stereocenters. The summed E-state index contributed by atoms with van der Waals surface area (Å²) in [7, 11) is 0. The number of nitrogens with one attached hydrogen (secondary N) is 2. The van der Waals surface area contributed by atoms with Gasteiger partial charge in [0.15, 0.2) is 0 Å². The summed E-state index contributed by atoms with van der Waals surface area (Å²) in [5.41, 5.74) is 5.47. The molecule has 0 bridgehead atoms. The molecule has 2 N–H and O–H groups in total. The van der Waals surface area contributed by atoms with Gasteiger partial charge >= 0.3 is 0 Å². The fraction of sp³-hybridized carbons (Fsp3) is 0.500. The molecule has 0 saturated heterocycles. The minimum atomic E-state index is 0.320. The quantitative estimate of drug-likeness (QED) is 0.845. The zero-order valence-corrected chi connectivity index (χ0v) is 12.0. The summed E-state index contributed by atoms with van der Waals surface area (Å²) in [6, 6.07) is 6.68. The molecule has 18 heavy (non-hydrogen) atoms. The van der Waals surface area contributed by atoms with Crippen LogP contribution in [0.15, 0.2) is 24.4 Å². The summed E-state index contributed by atoms with van der Waals surface area (Å²) in [5.74, 6) is 1.08. The Morgan fingerprint density at radius 3 is 1.94 bits per heavy atom. The lowest BCUT2D eigenvalue weighted by atomic mass is 9.87. The third-order valence-corrected chi connectivity index (χ3v) is 3.49. The lowest BCUT2D eigenvalue weighted by molar-refractivity contribution is 0.630. The van der Waals surface area contributed by atoms with E-state index in [4.69, 9.17) is 0 Å². The van der Waals surface area contributed by atoms with Gasteiger partial charge in [0, 0.05) is 11.8 Å². The second kappa shape index (κ2) is 5.05. The highest BCUT2D eigenvalue weighted by Gasteiger charge is 2.20. The molecule has 0 radical (unpaired) electrons. The van der Waals surface area contributed by atoms with Crippen molar-refractivity contribution in [1.82, 2.24) is 10.6 Å². The van der Waals surface area contributed by atoms with Gasteiger partial charge in [-0.2, -0.15) is 0 Å². The summed E-state index contributed by atoms with van der Waals surface area (Å²) in [5, 5.41) is 6.84. The molecular weight excluding hydrogens is 220 g/mol. The van der Waals surface area contributed by atoms with Crippen LogP contribution < -0.4 is 10.6 Å². The van der Waals surface area contributed by atoms with Crippen LogP contribution in [0.1, 0.15) is 63.1 Å². The molecule has 2 heteroatoms. The molecule has 98 valence electrons. The number of hydrogen-bond donors (Lipinski definition) is 2. The Balaban J connectivity index is 2.54. The van der Waals surface area contributed by atoms with Crippen molar-refractivity contribution < 1.29 is 0 Å². The number of rotatable bonds is 3. The van der Waals surface area contributed by atoms with Gasteiger partial charge in [-0.1, -0.05) is 45.9 Å². The van der Waals surface area contributed by atoms with Crippen LogP contribution in [0.5, 0.6) is 0 Å². The minimum absolute atomic E-state index is 0.320. The molecule has 2 rings (SSSR count). The molecule has 0 amide bonds. The standard InChI is InChI=1S/C16H24N2/c1-10(2)13-7-6-8-14(11(3)4)16(13)15-9-17-12(5)18-15/h6-12,17-18H,1-5H3. The molecule has 1 unspecified atom stereocenters. The van der Waals surface area contributed by atoms with Crippen molar-refractivity contribution in [2.75, 3.05) is 0 Å². The maximum Gasteiger partial charge on any atom is 0.0931 e. The van der Waals surface area contributed by atoms with Crippen molar-refractivity contribution in [2.24, 2.45) is 0 Å². The van der Waals surface area contributed by atoms with Crippen LogP contribution in [0.4, 0.5) is 0 Å². The Kier molecular flexibility index (Phi) is 3.65. The zero-order valence-electron chi connectivity index (χ0n) is 12.0. The van der Waals surface area contributed by atoms with Crippen molar-refractivity contribution in [3.8, 4) is 0 Å². The van der Waals surface area contributed by atoms with Gasteiger partial charge < -0.3 is 10.6 Å². The van der Waals surface area contributed by atoms with E-state index in [2.05, 4.69) is 69.7 Å². The van der Waals surface area contributed by atoms with Gasteiger partial charge in [-0.05, 0) is 29.9 Å². The Hall–Kier alpha value is -1.44. The van der Waals surface area contributed by atoms with E-state index in [1.165, 1.54) is 22.4 Å². The van der Waals surface area contributed by atoms with E-state index in [-0.39, 0.29) is 0 Å². The van der Waals surface area contributed by atoms with Gasteiger partial charge in [-0.3, -0.25) is 0 Å². The second-order valence-corrected chi connectivity index (χ2v) is 5.71. The van der Waals surface area contributed by atoms with E-state index in [1.54, 1.807) is 0 Å². The van der Waals surface area contributed by atoms with Gasteiger partial charge in [0.2, 0.25) is 0 Å². The van der Waals surface area contributed by atoms with Crippen molar-refractivity contribution in [2.45, 2.75) is 52.6 Å². The van der Waals surface area contributed by atoms with Crippen molar-refractivity contribution in [3.05, 3.63) is 41.1 Å². The molecule has 0 spiro atoms.